The molecule has 0 spiro atoms. The van der Waals surface area contributed by atoms with Gasteiger partial charge in [0.2, 0.25) is 5.91 Å². The van der Waals surface area contributed by atoms with Gasteiger partial charge in [-0.1, -0.05) is 43.3 Å². The minimum atomic E-state index is -0.206. The summed E-state index contributed by atoms with van der Waals surface area (Å²) >= 11 is 0. The van der Waals surface area contributed by atoms with E-state index in [0.717, 1.165) is 28.6 Å². The maximum absolute atomic E-state index is 12.7. The largest absolute Gasteiger partial charge is 0.322 e. The minimum absolute atomic E-state index is 0.116. The molecule has 4 nitrogen and oxygen atoms in total. The van der Waals surface area contributed by atoms with E-state index in [1.165, 1.54) is 11.5 Å². The lowest BCUT2D eigenvalue weighted by atomic mass is 10.1. The molecule has 3 aromatic rings. The number of hydrogen-bond donors (Lipinski definition) is 1. The number of nitrogens with zero attached hydrogens (tertiary/aromatic N) is 1. The van der Waals surface area contributed by atoms with Crippen molar-refractivity contribution in [3.63, 3.8) is 0 Å². The molecule has 0 saturated carbocycles. The van der Waals surface area contributed by atoms with E-state index < -0.39 is 0 Å². The SMILES string of the molecule is CCc1ccccc1NC(=O)c1cn(C(C)=O)c2ccccc12. The molecule has 4 heteroatoms. The Labute approximate surface area is 134 Å². The monoisotopic (exact) mass is 306 g/mol. The van der Waals surface area contributed by atoms with Crippen molar-refractivity contribution in [2.45, 2.75) is 20.3 Å². The van der Waals surface area contributed by atoms with Gasteiger partial charge in [-0.2, -0.15) is 0 Å². The van der Waals surface area contributed by atoms with Crippen LogP contribution in [0.4, 0.5) is 5.69 Å². The quantitative estimate of drug-likeness (QED) is 0.791. The van der Waals surface area contributed by atoms with Gasteiger partial charge in [-0.05, 0) is 24.1 Å². The van der Waals surface area contributed by atoms with Crippen LogP contribution < -0.4 is 5.32 Å². The highest BCUT2D eigenvalue weighted by Crippen LogP contribution is 2.23. The zero-order valence-corrected chi connectivity index (χ0v) is 13.2. The molecule has 0 aliphatic rings. The minimum Gasteiger partial charge on any atom is -0.322 e. The molecule has 3 rings (SSSR count). The average Bonchev–Trinajstić information content (AvgIpc) is 2.95. The van der Waals surface area contributed by atoms with Crippen LogP contribution in [0.1, 0.15) is 34.6 Å². The topological polar surface area (TPSA) is 51.1 Å². The Morgan fingerprint density at radius 1 is 1.04 bits per heavy atom. The lowest BCUT2D eigenvalue weighted by Gasteiger charge is -2.09. The molecule has 0 unspecified atom stereocenters. The van der Waals surface area contributed by atoms with Gasteiger partial charge >= 0.3 is 0 Å². The van der Waals surface area contributed by atoms with Crippen LogP contribution in [0.5, 0.6) is 0 Å². The number of hydrogen-bond acceptors (Lipinski definition) is 2. The first-order chi connectivity index (χ1) is 11.1. The van der Waals surface area contributed by atoms with Crippen LogP contribution in [0.15, 0.2) is 54.7 Å². The van der Waals surface area contributed by atoms with Crippen LogP contribution in [0, 0.1) is 0 Å². The van der Waals surface area contributed by atoms with Crippen molar-refractivity contribution in [2.24, 2.45) is 0 Å². The third-order valence-electron chi connectivity index (χ3n) is 3.94. The van der Waals surface area contributed by atoms with Gasteiger partial charge in [-0.3, -0.25) is 14.2 Å². The molecule has 1 amide bonds. The van der Waals surface area contributed by atoms with Crippen molar-refractivity contribution < 1.29 is 9.59 Å². The second kappa shape index (κ2) is 6.08. The predicted molar refractivity (Wildman–Crippen MR) is 92.0 cm³/mol. The van der Waals surface area contributed by atoms with E-state index in [-0.39, 0.29) is 11.8 Å². The van der Waals surface area contributed by atoms with Crippen molar-refractivity contribution in [1.82, 2.24) is 4.57 Å². The second-order valence-corrected chi connectivity index (χ2v) is 5.41. The first-order valence-electron chi connectivity index (χ1n) is 7.62. The van der Waals surface area contributed by atoms with Crippen LogP contribution in [0.3, 0.4) is 0 Å². The van der Waals surface area contributed by atoms with E-state index >= 15 is 0 Å². The first-order valence-corrected chi connectivity index (χ1v) is 7.62. The van der Waals surface area contributed by atoms with Crippen molar-refractivity contribution in [2.75, 3.05) is 5.32 Å². The molecule has 1 heterocycles. The number of carbonyl (C=O) groups is 2. The van der Waals surface area contributed by atoms with Crippen molar-refractivity contribution >= 4 is 28.4 Å². The van der Waals surface area contributed by atoms with Gasteiger partial charge < -0.3 is 5.32 Å². The first kappa shape index (κ1) is 15.0. The highest BCUT2D eigenvalue weighted by atomic mass is 16.2. The van der Waals surface area contributed by atoms with Gasteiger partial charge in [-0.25, -0.2) is 0 Å². The van der Waals surface area contributed by atoms with Crippen molar-refractivity contribution in [3.05, 3.63) is 65.9 Å². The second-order valence-electron chi connectivity index (χ2n) is 5.41. The van der Waals surface area contributed by atoms with Crippen LogP contribution in [-0.2, 0) is 6.42 Å². The standard InChI is InChI=1S/C19H18N2O2/c1-3-14-8-4-6-10-17(14)20-19(23)16-12-21(13(2)22)18-11-7-5-9-15(16)18/h4-12H,3H2,1-2H3,(H,20,23). The number of anilines is 1. The summed E-state index contributed by atoms with van der Waals surface area (Å²) in [6, 6.07) is 15.2. The van der Waals surface area contributed by atoms with E-state index in [1.54, 1.807) is 6.20 Å². The lowest BCUT2D eigenvalue weighted by molar-refractivity contribution is 0.0941. The molecule has 23 heavy (non-hydrogen) atoms. The molecule has 1 N–H and O–H groups in total. The Balaban J connectivity index is 2.03. The third-order valence-corrected chi connectivity index (χ3v) is 3.94. The predicted octanol–water partition coefficient (Wildman–Crippen LogP) is 4.12. The highest BCUT2D eigenvalue weighted by Gasteiger charge is 2.17. The van der Waals surface area contributed by atoms with Crippen LogP contribution in [-0.4, -0.2) is 16.4 Å². The summed E-state index contributed by atoms with van der Waals surface area (Å²) in [6.45, 7) is 3.53. The maximum Gasteiger partial charge on any atom is 0.257 e. The molecule has 0 fully saturated rings. The molecule has 0 atom stereocenters. The Hall–Kier alpha value is -2.88. The number of amides is 1. The molecule has 0 bridgehead atoms. The molecule has 0 radical (unpaired) electrons. The summed E-state index contributed by atoms with van der Waals surface area (Å²) in [5, 5.41) is 3.73. The number of aryl methyl sites for hydroxylation is 1. The van der Waals surface area contributed by atoms with E-state index in [0.29, 0.717) is 5.56 Å². The number of rotatable bonds is 3. The molecule has 116 valence electrons. The summed E-state index contributed by atoms with van der Waals surface area (Å²) in [5.41, 5.74) is 3.13. The molecule has 0 aliphatic carbocycles. The number of fused-ring (bicyclic) bond motifs is 1. The summed E-state index contributed by atoms with van der Waals surface area (Å²) in [7, 11) is 0. The van der Waals surface area contributed by atoms with Crippen LogP contribution in [0.2, 0.25) is 0 Å². The Morgan fingerprint density at radius 3 is 2.48 bits per heavy atom. The average molecular weight is 306 g/mol. The fraction of sp³-hybridized carbons (Fsp3) is 0.158. The lowest BCUT2D eigenvalue weighted by Crippen LogP contribution is -2.13. The normalized spacial score (nSPS) is 10.7. The van der Waals surface area contributed by atoms with Gasteiger partial charge in [-0.15, -0.1) is 0 Å². The molecule has 1 aromatic heterocycles. The highest BCUT2D eigenvalue weighted by molar-refractivity contribution is 6.14. The van der Waals surface area contributed by atoms with Crippen molar-refractivity contribution in [1.29, 1.82) is 0 Å². The fourth-order valence-electron chi connectivity index (χ4n) is 2.76. The molecule has 0 saturated heterocycles. The van der Waals surface area contributed by atoms with E-state index in [4.69, 9.17) is 0 Å². The van der Waals surface area contributed by atoms with E-state index in [9.17, 15) is 9.59 Å². The number of para-hydroxylation sites is 2. The zero-order valence-electron chi connectivity index (χ0n) is 13.2. The van der Waals surface area contributed by atoms with E-state index in [1.807, 2.05) is 55.5 Å². The molecule has 0 aliphatic heterocycles. The molecule has 2 aromatic carbocycles. The van der Waals surface area contributed by atoms with Gasteiger partial charge in [0.1, 0.15) is 0 Å². The van der Waals surface area contributed by atoms with Gasteiger partial charge in [0.15, 0.2) is 0 Å². The summed E-state index contributed by atoms with van der Waals surface area (Å²) in [4.78, 5) is 24.5. The number of nitrogens with one attached hydrogen (secondary N) is 1. The summed E-state index contributed by atoms with van der Waals surface area (Å²) in [6.07, 6.45) is 2.45. The Bertz CT molecular complexity index is 893. The number of carbonyl (C=O) groups excluding carboxylic acids is 2. The third kappa shape index (κ3) is 2.75. The Morgan fingerprint density at radius 2 is 1.74 bits per heavy atom. The molecular formula is C19H18N2O2. The van der Waals surface area contributed by atoms with Gasteiger partial charge in [0.25, 0.3) is 5.91 Å². The van der Waals surface area contributed by atoms with Gasteiger partial charge in [0.05, 0.1) is 11.1 Å². The summed E-state index contributed by atoms with van der Waals surface area (Å²) < 4.78 is 1.51. The van der Waals surface area contributed by atoms with Gasteiger partial charge in [0, 0.05) is 24.2 Å². The van der Waals surface area contributed by atoms with E-state index in [2.05, 4.69) is 5.32 Å². The zero-order chi connectivity index (χ0) is 16.4. The number of benzene rings is 2. The fourth-order valence-corrected chi connectivity index (χ4v) is 2.76. The smallest absolute Gasteiger partial charge is 0.257 e. The van der Waals surface area contributed by atoms with Crippen LogP contribution in [0.25, 0.3) is 10.9 Å². The molecular weight excluding hydrogens is 288 g/mol. The van der Waals surface area contributed by atoms with Crippen molar-refractivity contribution in [3.8, 4) is 0 Å². The summed E-state index contributed by atoms with van der Waals surface area (Å²) in [5.74, 6) is -0.323. The van der Waals surface area contributed by atoms with Crippen LogP contribution >= 0.6 is 0 Å². The Kier molecular flexibility index (Phi) is 3.98. The maximum atomic E-state index is 12.7. The number of aromatic nitrogens is 1.